The van der Waals surface area contributed by atoms with E-state index >= 15 is 0 Å². The number of ether oxygens (including phenoxy) is 2. The highest BCUT2D eigenvalue weighted by molar-refractivity contribution is 6.02. The van der Waals surface area contributed by atoms with Crippen molar-refractivity contribution in [1.29, 1.82) is 0 Å². The predicted molar refractivity (Wildman–Crippen MR) is 68.3 cm³/mol. The van der Waals surface area contributed by atoms with Crippen LogP contribution in [0.4, 0.5) is 10.5 Å². The number of anilines is 1. The van der Waals surface area contributed by atoms with Gasteiger partial charge in [0.25, 0.3) is 5.91 Å². The summed E-state index contributed by atoms with van der Waals surface area (Å²) in [7, 11) is 1.26. The molecule has 0 aliphatic carbocycles. The quantitative estimate of drug-likeness (QED) is 0.617. The van der Waals surface area contributed by atoms with E-state index in [-0.39, 0.29) is 12.5 Å². The molecule has 7 heteroatoms. The molecular formula is C12H13N3O4. The molecule has 0 unspecified atom stereocenters. The monoisotopic (exact) mass is 263 g/mol. The average molecular weight is 263 g/mol. The fourth-order valence-electron chi connectivity index (χ4n) is 1.55. The Morgan fingerprint density at radius 2 is 2.32 bits per heavy atom. The van der Waals surface area contributed by atoms with E-state index in [1.165, 1.54) is 7.11 Å². The van der Waals surface area contributed by atoms with Crippen LogP contribution in [0.1, 0.15) is 12.5 Å². The van der Waals surface area contributed by atoms with Gasteiger partial charge in [0.2, 0.25) is 0 Å². The van der Waals surface area contributed by atoms with Crippen LogP contribution in [0.15, 0.2) is 23.3 Å². The SMILES string of the molecule is COC(=O)N/N=C(/C)c1ccc2c(c1)NC(=O)CO2. The van der Waals surface area contributed by atoms with Crippen LogP contribution in [0.25, 0.3) is 0 Å². The standard InChI is InChI=1S/C12H13N3O4/c1-7(14-15-12(17)18-2)8-3-4-10-9(5-8)13-11(16)6-19-10/h3-5H,6H2,1-2H3,(H,13,16)(H,15,17)/b14-7-. The fraction of sp³-hybridized carbons (Fsp3) is 0.250. The van der Waals surface area contributed by atoms with Gasteiger partial charge in [-0.15, -0.1) is 0 Å². The molecule has 0 aromatic heterocycles. The van der Waals surface area contributed by atoms with Gasteiger partial charge in [-0.3, -0.25) is 4.79 Å². The minimum absolute atomic E-state index is 0.0172. The number of fused-ring (bicyclic) bond motifs is 1. The van der Waals surface area contributed by atoms with Crippen molar-refractivity contribution in [3.05, 3.63) is 23.8 Å². The number of carbonyl (C=O) groups excluding carboxylic acids is 2. The van der Waals surface area contributed by atoms with Crippen molar-refractivity contribution < 1.29 is 19.1 Å². The summed E-state index contributed by atoms with van der Waals surface area (Å²) in [5.74, 6) is 0.406. The van der Waals surface area contributed by atoms with Gasteiger partial charge in [-0.25, -0.2) is 10.2 Å². The molecule has 2 amide bonds. The highest BCUT2D eigenvalue weighted by Crippen LogP contribution is 2.28. The van der Waals surface area contributed by atoms with Crippen LogP contribution >= 0.6 is 0 Å². The summed E-state index contributed by atoms with van der Waals surface area (Å²) in [5, 5.41) is 6.57. The highest BCUT2D eigenvalue weighted by atomic mass is 16.5. The zero-order valence-electron chi connectivity index (χ0n) is 10.5. The topological polar surface area (TPSA) is 89.0 Å². The zero-order valence-corrected chi connectivity index (χ0v) is 10.5. The maximum absolute atomic E-state index is 11.2. The summed E-state index contributed by atoms with van der Waals surface area (Å²) >= 11 is 0. The minimum atomic E-state index is -0.644. The Morgan fingerprint density at radius 3 is 3.05 bits per heavy atom. The van der Waals surface area contributed by atoms with E-state index < -0.39 is 6.09 Å². The van der Waals surface area contributed by atoms with Gasteiger partial charge in [0, 0.05) is 0 Å². The molecule has 0 fully saturated rings. The van der Waals surface area contributed by atoms with Gasteiger partial charge in [-0.1, -0.05) is 0 Å². The van der Waals surface area contributed by atoms with E-state index in [9.17, 15) is 9.59 Å². The third-order valence-corrected chi connectivity index (χ3v) is 2.53. The fourth-order valence-corrected chi connectivity index (χ4v) is 1.55. The number of benzene rings is 1. The van der Waals surface area contributed by atoms with Crippen LogP contribution in [0.2, 0.25) is 0 Å². The smallest absolute Gasteiger partial charge is 0.427 e. The molecule has 2 N–H and O–H groups in total. The van der Waals surface area contributed by atoms with E-state index in [1.807, 2.05) is 0 Å². The number of carbonyl (C=O) groups is 2. The number of nitrogens with zero attached hydrogens (tertiary/aromatic N) is 1. The van der Waals surface area contributed by atoms with Crippen LogP contribution in [-0.4, -0.2) is 31.4 Å². The number of hydrogen-bond donors (Lipinski definition) is 2. The number of hydrogen-bond acceptors (Lipinski definition) is 5. The largest absolute Gasteiger partial charge is 0.482 e. The lowest BCUT2D eigenvalue weighted by molar-refractivity contribution is -0.118. The summed E-state index contributed by atoms with van der Waals surface area (Å²) in [6.45, 7) is 1.74. The second kappa shape index (κ2) is 5.38. The van der Waals surface area contributed by atoms with Crippen LogP contribution in [0, 0.1) is 0 Å². The molecule has 1 aromatic rings. The normalized spacial score (nSPS) is 14.0. The molecule has 1 aromatic carbocycles. The molecule has 0 bridgehead atoms. The van der Waals surface area contributed by atoms with Crippen molar-refractivity contribution >= 4 is 23.4 Å². The lowest BCUT2D eigenvalue weighted by Crippen LogP contribution is -2.25. The Balaban J connectivity index is 2.19. The second-order valence-electron chi connectivity index (χ2n) is 3.85. The predicted octanol–water partition coefficient (Wildman–Crippen LogP) is 1.10. The first kappa shape index (κ1) is 12.9. The molecule has 7 nitrogen and oxygen atoms in total. The van der Waals surface area contributed by atoms with Crippen molar-refractivity contribution in [2.75, 3.05) is 19.0 Å². The summed E-state index contributed by atoms with van der Waals surface area (Å²) < 4.78 is 9.65. The highest BCUT2D eigenvalue weighted by Gasteiger charge is 2.16. The van der Waals surface area contributed by atoms with Crippen molar-refractivity contribution in [2.24, 2.45) is 5.10 Å². The van der Waals surface area contributed by atoms with Gasteiger partial charge in [0.1, 0.15) is 5.75 Å². The van der Waals surface area contributed by atoms with Crippen molar-refractivity contribution in [2.45, 2.75) is 6.92 Å². The molecule has 0 radical (unpaired) electrons. The molecule has 1 aliphatic heterocycles. The van der Waals surface area contributed by atoms with Gasteiger partial charge in [0.15, 0.2) is 6.61 Å². The molecule has 0 saturated heterocycles. The minimum Gasteiger partial charge on any atom is -0.482 e. The molecular weight excluding hydrogens is 250 g/mol. The lowest BCUT2D eigenvalue weighted by atomic mass is 10.1. The second-order valence-corrected chi connectivity index (χ2v) is 3.85. The van der Waals surface area contributed by atoms with E-state index in [1.54, 1.807) is 25.1 Å². The Hall–Kier alpha value is -2.57. The third-order valence-electron chi connectivity index (χ3n) is 2.53. The molecule has 2 rings (SSSR count). The number of amides is 2. The van der Waals surface area contributed by atoms with E-state index in [0.29, 0.717) is 17.1 Å². The van der Waals surface area contributed by atoms with E-state index in [2.05, 4.69) is 20.6 Å². The molecule has 0 saturated carbocycles. The maximum atomic E-state index is 11.2. The van der Waals surface area contributed by atoms with Crippen molar-refractivity contribution in [3.63, 3.8) is 0 Å². The molecule has 1 aliphatic rings. The Bertz CT molecular complexity index is 554. The summed E-state index contributed by atoms with van der Waals surface area (Å²) in [4.78, 5) is 22.1. The van der Waals surface area contributed by atoms with Gasteiger partial charge in [-0.05, 0) is 30.7 Å². The average Bonchev–Trinajstić information content (AvgIpc) is 2.43. The molecule has 1 heterocycles. The Labute approximate surface area is 109 Å². The molecule has 19 heavy (non-hydrogen) atoms. The van der Waals surface area contributed by atoms with Gasteiger partial charge >= 0.3 is 6.09 Å². The van der Waals surface area contributed by atoms with Crippen LogP contribution < -0.4 is 15.5 Å². The Kier molecular flexibility index (Phi) is 3.65. The third kappa shape index (κ3) is 3.01. The van der Waals surface area contributed by atoms with E-state index in [0.717, 1.165) is 5.56 Å². The zero-order chi connectivity index (χ0) is 13.8. The summed E-state index contributed by atoms with van der Waals surface area (Å²) in [5.41, 5.74) is 4.14. The lowest BCUT2D eigenvalue weighted by Gasteiger charge is -2.18. The first-order valence-corrected chi connectivity index (χ1v) is 5.55. The molecule has 0 spiro atoms. The molecule has 0 atom stereocenters. The first-order chi connectivity index (χ1) is 9.10. The van der Waals surface area contributed by atoms with Crippen molar-refractivity contribution in [3.8, 4) is 5.75 Å². The van der Waals surface area contributed by atoms with Gasteiger partial charge in [0.05, 0.1) is 18.5 Å². The summed E-state index contributed by atoms with van der Waals surface area (Å²) in [6, 6.07) is 5.25. The molecule has 100 valence electrons. The number of rotatable bonds is 2. The van der Waals surface area contributed by atoms with Crippen LogP contribution in [0.5, 0.6) is 5.75 Å². The first-order valence-electron chi connectivity index (χ1n) is 5.55. The van der Waals surface area contributed by atoms with Gasteiger partial charge in [-0.2, -0.15) is 5.10 Å². The van der Waals surface area contributed by atoms with E-state index in [4.69, 9.17) is 4.74 Å². The Morgan fingerprint density at radius 1 is 1.53 bits per heavy atom. The number of nitrogens with one attached hydrogen (secondary N) is 2. The number of methoxy groups -OCH3 is 1. The van der Waals surface area contributed by atoms with Crippen LogP contribution in [-0.2, 0) is 9.53 Å². The number of hydrazone groups is 1. The summed E-state index contributed by atoms with van der Waals surface area (Å²) in [6.07, 6.45) is -0.644. The van der Waals surface area contributed by atoms with Crippen molar-refractivity contribution in [1.82, 2.24) is 5.43 Å². The maximum Gasteiger partial charge on any atom is 0.427 e. The van der Waals surface area contributed by atoms with Crippen LogP contribution in [0.3, 0.4) is 0 Å². The van der Waals surface area contributed by atoms with Gasteiger partial charge < -0.3 is 14.8 Å².